The standard InChI is InChI=1S/C17H20O5/c1-5-20-16(19)14-7-6-13(22-14)10-21-17(4)8-11(2)15(18)12(3)9-17/h6-9H,5,10H2,1-4H3. The van der Waals surface area contributed by atoms with Crippen LogP contribution >= 0.6 is 0 Å². The minimum atomic E-state index is -0.668. The molecule has 0 spiro atoms. The van der Waals surface area contributed by atoms with Gasteiger partial charge in [0.1, 0.15) is 18.0 Å². The lowest BCUT2D eigenvalue weighted by Crippen LogP contribution is -2.29. The first-order valence-electron chi connectivity index (χ1n) is 7.18. The van der Waals surface area contributed by atoms with E-state index in [1.54, 1.807) is 45.1 Å². The van der Waals surface area contributed by atoms with Crippen LogP contribution in [0.15, 0.2) is 39.8 Å². The van der Waals surface area contributed by atoms with Gasteiger partial charge in [-0.3, -0.25) is 4.79 Å². The largest absolute Gasteiger partial charge is 0.460 e. The highest BCUT2D eigenvalue weighted by molar-refractivity contribution is 6.08. The van der Waals surface area contributed by atoms with Crippen molar-refractivity contribution in [2.75, 3.05) is 6.61 Å². The number of Topliss-reactive ketones (excluding diaryl/α,β-unsaturated/α-hetero) is 1. The fourth-order valence-electron chi connectivity index (χ4n) is 2.42. The van der Waals surface area contributed by atoms with Crippen molar-refractivity contribution in [3.8, 4) is 0 Å². The van der Waals surface area contributed by atoms with Crippen LogP contribution < -0.4 is 0 Å². The Labute approximate surface area is 129 Å². The molecule has 0 aromatic carbocycles. The fraction of sp³-hybridized carbons (Fsp3) is 0.412. The van der Waals surface area contributed by atoms with E-state index in [1.807, 2.05) is 6.92 Å². The van der Waals surface area contributed by atoms with Crippen LogP contribution in [0, 0.1) is 0 Å². The van der Waals surface area contributed by atoms with Crippen molar-refractivity contribution in [3.05, 3.63) is 47.0 Å². The van der Waals surface area contributed by atoms with Gasteiger partial charge in [-0.25, -0.2) is 4.79 Å². The number of carbonyl (C=O) groups is 2. The zero-order chi connectivity index (χ0) is 16.3. The summed E-state index contributed by atoms with van der Waals surface area (Å²) in [6, 6.07) is 3.24. The van der Waals surface area contributed by atoms with Crippen LogP contribution in [0.1, 0.15) is 44.0 Å². The van der Waals surface area contributed by atoms with Gasteiger partial charge in [-0.1, -0.05) is 0 Å². The third kappa shape index (κ3) is 3.54. The van der Waals surface area contributed by atoms with Gasteiger partial charge in [-0.2, -0.15) is 0 Å². The number of furan rings is 1. The molecule has 0 amide bonds. The molecule has 5 nitrogen and oxygen atoms in total. The van der Waals surface area contributed by atoms with Crippen LogP contribution in [0.4, 0.5) is 0 Å². The lowest BCUT2D eigenvalue weighted by atomic mass is 9.89. The molecule has 0 N–H and O–H groups in total. The second-order valence-electron chi connectivity index (χ2n) is 5.44. The second-order valence-corrected chi connectivity index (χ2v) is 5.44. The Morgan fingerprint density at radius 3 is 2.45 bits per heavy atom. The molecule has 2 rings (SSSR count). The number of carbonyl (C=O) groups excluding carboxylic acids is 2. The number of esters is 1. The van der Waals surface area contributed by atoms with E-state index < -0.39 is 11.6 Å². The highest BCUT2D eigenvalue weighted by atomic mass is 16.5. The van der Waals surface area contributed by atoms with Crippen LogP contribution in [0.5, 0.6) is 0 Å². The van der Waals surface area contributed by atoms with Gasteiger partial charge in [0.05, 0.1) is 6.61 Å². The maximum Gasteiger partial charge on any atom is 0.374 e. The maximum atomic E-state index is 11.8. The molecule has 1 heterocycles. The van der Waals surface area contributed by atoms with Crippen LogP contribution in [0.25, 0.3) is 0 Å². The van der Waals surface area contributed by atoms with Crippen molar-refractivity contribution in [1.29, 1.82) is 0 Å². The number of ketones is 1. The SMILES string of the molecule is CCOC(=O)c1ccc(COC2(C)C=C(C)C(=O)C(C)=C2)o1. The zero-order valence-corrected chi connectivity index (χ0v) is 13.3. The molecule has 1 aromatic heterocycles. The first kappa shape index (κ1) is 16.2. The van der Waals surface area contributed by atoms with Crippen molar-refractivity contribution in [2.24, 2.45) is 0 Å². The van der Waals surface area contributed by atoms with Crippen LogP contribution in [-0.4, -0.2) is 24.0 Å². The highest BCUT2D eigenvalue weighted by Crippen LogP contribution is 2.27. The number of rotatable bonds is 5. The summed E-state index contributed by atoms with van der Waals surface area (Å²) in [5.41, 5.74) is 0.655. The molecule has 5 heteroatoms. The van der Waals surface area contributed by atoms with Crippen molar-refractivity contribution in [3.63, 3.8) is 0 Å². The van der Waals surface area contributed by atoms with E-state index in [9.17, 15) is 9.59 Å². The smallest absolute Gasteiger partial charge is 0.374 e. The molecule has 1 aliphatic carbocycles. The molecule has 1 aromatic rings. The van der Waals surface area contributed by atoms with Gasteiger partial charge in [-0.05, 0) is 63.1 Å². The van der Waals surface area contributed by atoms with Gasteiger partial charge >= 0.3 is 5.97 Å². The third-order valence-electron chi connectivity index (χ3n) is 3.39. The minimum Gasteiger partial charge on any atom is -0.460 e. The summed E-state index contributed by atoms with van der Waals surface area (Å²) >= 11 is 0. The van der Waals surface area contributed by atoms with Crippen molar-refractivity contribution in [2.45, 2.75) is 39.9 Å². The molecular formula is C17H20O5. The van der Waals surface area contributed by atoms with E-state index in [4.69, 9.17) is 13.9 Å². The lowest BCUT2D eigenvalue weighted by molar-refractivity contribution is -0.112. The molecule has 1 aliphatic rings. The Balaban J connectivity index is 2.04. The predicted molar refractivity (Wildman–Crippen MR) is 80.4 cm³/mol. The fourth-order valence-corrected chi connectivity index (χ4v) is 2.42. The molecule has 0 radical (unpaired) electrons. The summed E-state index contributed by atoms with van der Waals surface area (Å²) in [5.74, 6) is 0.222. The molecule has 0 saturated carbocycles. The van der Waals surface area contributed by atoms with Crippen LogP contribution in [-0.2, 0) is 20.9 Å². The topological polar surface area (TPSA) is 65.7 Å². The summed E-state index contributed by atoms with van der Waals surface area (Å²) in [6.45, 7) is 7.64. The molecular weight excluding hydrogens is 284 g/mol. The third-order valence-corrected chi connectivity index (χ3v) is 3.39. The number of hydrogen-bond donors (Lipinski definition) is 0. The second kappa shape index (κ2) is 6.32. The first-order chi connectivity index (χ1) is 10.3. The number of ether oxygens (including phenoxy) is 2. The molecule has 0 unspecified atom stereocenters. The normalized spacial score (nSPS) is 17.0. The summed E-state index contributed by atoms with van der Waals surface area (Å²) in [5, 5.41) is 0. The molecule has 0 aliphatic heterocycles. The van der Waals surface area contributed by atoms with E-state index in [0.717, 1.165) is 0 Å². The van der Waals surface area contributed by atoms with Gasteiger partial charge in [-0.15, -0.1) is 0 Å². The van der Waals surface area contributed by atoms with Gasteiger partial charge in [0.15, 0.2) is 5.78 Å². The quantitative estimate of drug-likeness (QED) is 0.781. The molecule has 0 atom stereocenters. The highest BCUT2D eigenvalue weighted by Gasteiger charge is 2.28. The van der Waals surface area contributed by atoms with Crippen molar-refractivity contribution < 1.29 is 23.5 Å². The van der Waals surface area contributed by atoms with E-state index in [2.05, 4.69) is 0 Å². The Morgan fingerprint density at radius 1 is 1.23 bits per heavy atom. The van der Waals surface area contributed by atoms with E-state index in [1.165, 1.54) is 0 Å². The maximum absolute atomic E-state index is 11.8. The molecule has 0 bridgehead atoms. The minimum absolute atomic E-state index is 0.0312. The van der Waals surface area contributed by atoms with Crippen LogP contribution in [0.3, 0.4) is 0 Å². The first-order valence-corrected chi connectivity index (χ1v) is 7.18. The molecule has 118 valence electrons. The average molecular weight is 304 g/mol. The number of allylic oxidation sites excluding steroid dienone is 2. The van der Waals surface area contributed by atoms with Crippen molar-refractivity contribution in [1.82, 2.24) is 0 Å². The van der Waals surface area contributed by atoms with Crippen molar-refractivity contribution >= 4 is 11.8 Å². The molecule has 0 saturated heterocycles. The monoisotopic (exact) mass is 304 g/mol. The Hall–Kier alpha value is -2.14. The number of hydrogen-bond acceptors (Lipinski definition) is 5. The van der Waals surface area contributed by atoms with Gasteiger partial charge in [0.2, 0.25) is 5.76 Å². The zero-order valence-electron chi connectivity index (χ0n) is 13.3. The molecule has 22 heavy (non-hydrogen) atoms. The van der Waals surface area contributed by atoms with E-state index in [0.29, 0.717) is 23.5 Å². The lowest BCUT2D eigenvalue weighted by Gasteiger charge is -2.27. The summed E-state index contributed by atoms with van der Waals surface area (Å²) < 4.78 is 16.1. The molecule has 0 fully saturated rings. The summed E-state index contributed by atoms with van der Waals surface area (Å²) in [7, 11) is 0. The van der Waals surface area contributed by atoms with Gasteiger partial charge in [0, 0.05) is 0 Å². The predicted octanol–water partition coefficient (Wildman–Crippen LogP) is 3.21. The Bertz CT molecular complexity index is 626. The van der Waals surface area contributed by atoms with E-state index in [-0.39, 0.29) is 18.2 Å². The van der Waals surface area contributed by atoms with Crippen LogP contribution in [0.2, 0.25) is 0 Å². The summed E-state index contributed by atoms with van der Waals surface area (Å²) in [4.78, 5) is 23.3. The summed E-state index contributed by atoms with van der Waals surface area (Å²) in [6.07, 6.45) is 3.58. The Kier molecular flexibility index (Phi) is 4.66. The Morgan fingerprint density at radius 2 is 1.86 bits per heavy atom. The van der Waals surface area contributed by atoms with E-state index >= 15 is 0 Å². The van der Waals surface area contributed by atoms with Gasteiger partial charge < -0.3 is 13.9 Å². The van der Waals surface area contributed by atoms with Gasteiger partial charge in [0.25, 0.3) is 0 Å². The average Bonchev–Trinajstić information content (AvgIpc) is 2.92.